The SMILES string of the molecule is C=COCCOc1ccc(OCCOC=C)c(C)c1. The maximum Gasteiger partial charge on any atom is 0.122 e. The molecule has 1 aromatic carbocycles. The van der Waals surface area contributed by atoms with E-state index in [0.717, 1.165) is 17.1 Å². The van der Waals surface area contributed by atoms with Crippen molar-refractivity contribution in [2.45, 2.75) is 6.92 Å². The molecule has 0 saturated carbocycles. The Morgan fingerprint density at radius 3 is 2.16 bits per heavy atom. The zero-order chi connectivity index (χ0) is 13.9. The van der Waals surface area contributed by atoms with E-state index in [0.29, 0.717) is 26.4 Å². The third-order valence-electron chi connectivity index (χ3n) is 2.31. The molecule has 4 heteroatoms. The third kappa shape index (κ3) is 5.86. The van der Waals surface area contributed by atoms with Crippen molar-refractivity contribution in [3.05, 3.63) is 49.4 Å². The first-order valence-electron chi connectivity index (χ1n) is 6.09. The molecular weight excluding hydrogens is 244 g/mol. The van der Waals surface area contributed by atoms with Gasteiger partial charge in [-0.05, 0) is 30.7 Å². The molecule has 0 aliphatic rings. The fraction of sp³-hybridized carbons (Fsp3) is 0.333. The minimum atomic E-state index is 0.485. The quantitative estimate of drug-likeness (QED) is 0.481. The van der Waals surface area contributed by atoms with Crippen LogP contribution in [-0.2, 0) is 9.47 Å². The number of hydrogen-bond donors (Lipinski definition) is 0. The summed E-state index contributed by atoms with van der Waals surface area (Å²) < 4.78 is 21.1. The lowest BCUT2D eigenvalue weighted by Crippen LogP contribution is -2.06. The number of aryl methyl sites for hydroxylation is 1. The largest absolute Gasteiger partial charge is 0.498 e. The predicted octanol–water partition coefficient (Wildman–Crippen LogP) is 3.07. The molecule has 0 unspecified atom stereocenters. The summed E-state index contributed by atoms with van der Waals surface area (Å²) in [6.07, 6.45) is 2.80. The van der Waals surface area contributed by atoms with Crippen molar-refractivity contribution in [1.82, 2.24) is 0 Å². The first-order valence-corrected chi connectivity index (χ1v) is 6.09. The topological polar surface area (TPSA) is 36.9 Å². The first kappa shape index (κ1) is 15.0. The average molecular weight is 264 g/mol. The molecule has 0 atom stereocenters. The normalized spacial score (nSPS) is 9.53. The van der Waals surface area contributed by atoms with Crippen LogP contribution in [0.4, 0.5) is 0 Å². The summed E-state index contributed by atoms with van der Waals surface area (Å²) in [5.74, 6) is 1.61. The standard InChI is InChI=1S/C15H20O4/c1-4-16-8-10-18-14-6-7-15(13(3)12-14)19-11-9-17-5-2/h4-7,12H,1-2,8-11H2,3H3. The molecule has 4 nitrogen and oxygen atoms in total. The Labute approximate surface area is 114 Å². The lowest BCUT2D eigenvalue weighted by Gasteiger charge is -2.11. The van der Waals surface area contributed by atoms with Crippen molar-refractivity contribution in [3.8, 4) is 11.5 Å². The Bertz CT molecular complexity index is 401. The van der Waals surface area contributed by atoms with Crippen LogP contribution in [0.1, 0.15) is 5.56 Å². The van der Waals surface area contributed by atoms with Gasteiger partial charge in [0.15, 0.2) is 0 Å². The molecule has 0 spiro atoms. The summed E-state index contributed by atoms with van der Waals surface area (Å²) in [7, 11) is 0. The molecule has 0 aliphatic heterocycles. The molecule has 0 amide bonds. The van der Waals surface area contributed by atoms with Gasteiger partial charge < -0.3 is 18.9 Å². The van der Waals surface area contributed by atoms with Crippen LogP contribution in [-0.4, -0.2) is 26.4 Å². The second-order valence-corrected chi connectivity index (χ2v) is 3.70. The highest BCUT2D eigenvalue weighted by atomic mass is 16.5. The molecule has 0 saturated heterocycles. The monoisotopic (exact) mass is 264 g/mol. The van der Waals surface area contributed by atoms with E-state index in [1.165, 1.54) is 12.5 Å². The summed E-state index contributed by atoms with van der Waals surface area (Å²) in [5.41, 5.74) is 1.01. The summed E-state index contributed by atoms with van der Waals surface area (Å²) >= 11 is 0. The minimum absolute atomic E-state index is 0.485. The molecule has 0 heterocycles. The lowest BCUT2D eigenvalue weighted by molar-refractivity contribution is 0.176. The van der Waals surface area contributed by atoms with Crippen LogP contribution >= 0.6 is 0 Å². The van der Waals surface area contributed by atoms with E-state index in [1.807, 2.05) is 25.1 Å². The third-order valence-corrected chi connectivity index (χ3v) is 2.31. The zero-order valence-corrected chi connectivity index (χ0v) is 11.3. The summed E-state index contributed by atoms with van der Waals surface area (Å²) in [6, 6.07) is 5.68. The Balaban J connectivity index is 2.40. The van der Waals surface area contributed by atoms with E-state index in [9.17, 15) is 0 Å². The molecule has 0 aliphatic carbocycles. The van der Waals surface area contributed by atoms with E-state index in [1.54, 1.807) is 0 Å². The van der Waals surface area contributed by atoms with Gasteiger partial charge in [0.2, 0.25) is 0 Å². The number of benzene rings is 1. The molecule has 19 heavy (non-hydrogen) atoms. The highest BCUT2D eigenvalue weighted by Gasteiger charge is 2.02. The van der Waals surface area contributed by atoms with Gasteiger partial charge in [0, 0.05) is 0 Å². The van der Waals surface area contributed by atoms with E-state index < -0.39 is 0 Å². The predicted molar refractivity (Wildman–Crippen MR) is 74.5 cm³/mol. The Kier molecular flexibility index (Phi) is 7.02. The first-order chi connectivity index (χ1) is 9.27. The van der Waals surface area contributed by atoms with Crippen LogP contribution in [0.15, 0.2) is 43.9 Å². The van der Waals surface area contributed by atoms with Crippen LogP contribution in [0, 0.1) is 6.92 Å². The van der Waals surface area contributed by atoms with Crippen molar-refractivity contribution in [3.63, 3.8) is 0 Å². The Hall–Kier alpha value is -2.10. The average Bonchev–Trinajstić information content (AvgIpc) is 2.42. The second-order valence-electron chi connectivity index (χ2n) is 3.70. The zero-order valence-electron chi connectivity index (χ0n) is 11.3. The maximum atomic E-state index is 5.57. The molecule has 0 bridgehead atoms. The van der Waals surface area contributed by atoms with Gasteiger partial charge in [-0.25, -0.2) is 0 Å². The smallest absolute Gasteiger partial charge is 0.122 e. The van der Waals surface area contributed by atoms with Crippen molar-refractivity contribution in [2.24, 2.45) is 0 Å². The van der Waals surface area contributed by atoms with Gasteiger partial charge in [-0.1, -0.05) is 13.2 Å². The summed E-state index contributed by atoms with van der Waals surface area (Å²) in [5, 5.41) is 0. The van der Waals surface area contributed by atoms with Crippen LogP contribution in [0.3, 0.4) is 0 Å². The van der Waals surface area contributed by atoms with Crippen molar-refractivity contribution >= 4 is 0 Å². The van der Waals surface area contributed by atoms with Gasteiger partial charge in [-0.15, -0.1) is 0 Å². The molecule has 1 rings (SSSR count). The summed E-state index contributed by atoms with van der Waals surface area (Å²) in [4.78, 5) is 0. The number of rotatable bonds is 10. The number of ether oxygens (including phenoxy) is 4. The van der Waals surface area contributed by atoms with Crippen LogP contribution in [0.25, 0.3) is 0 Å². The molecule has 0 aromatic heterocycles. The molecule has 0 N–H and O–H groups in total. The van der Waals surface area contributed by atoms with Crippen molar-refractivity contribution < 1.29 is 18.9 Å². The van der Waals surface area contributed by atoms with Crippen LogP contribution in [0.5, 0.6) is 11.5 Å². The van der Waals surface area contributed by atoms with Gasteiger partial charge in [0.25, 0.3) is 0 Å². The lowest BCUT2D eigenvalue weighted by atomic mass is 10.2. The summed E-state index contributed by atoms with van der Waals surface area (Å²) in [6.45, 7) is 10.8. The maximum absolute atomic E-state index is 5.57. The van der Waals surface area contributed by atoms with Gasteiger partial charge in [0.1, 0.15) is 37.9 Å². The van der Waals surface area contributed by atoms with E-state index in [4.69, 9.17) is 18.9 Å². The fourth-order valence-corrected chi connectivity index (χ4v) is 1.45. The van der Waals surface area contributed by atoms with E-state index in [-0.39, 0.29) is 0 Å². The molecule has 0 radical (unpaired) electrons. The molecule has 1 aromatic rings. The van der Waals surface area contributed by atoms with E-state index in [2.05, 4.69) is 13.2 Å². The van der Waals surface area contributed by atoms with Gasteiger partial charge in [-0.3, -0.25) is 0 Å². The molecule has 0 fully saturated rings. The Morgan fingerprint density at radius 2 is 1.58 bits per heavy atom. The minimum Gasteiger partial charge on any atom is -0.498 e. The van der Waals surface area contributed by atoms with E-state index >= 15 is 0 Å². The fourth-order valence-electron chi connectivity index (χ4n) is 1.45. The van der Waals surface area contributed by atoms with Crippen LogP contribution < -0.4 is 9.47 Å². The second kappa shape index (κ2) is 8.91. The Morgan fingerprint density at radius 1 is 0.947 bits per heavy atom. The van der Waals surface area contributed by atoms with Crippen molar-refractivity contribution in [1.29, 1.82) is 0 Å². The van der Waals surface area contributed by atoms with Gasteiger partial charge in [0.05, 0.1) is 12.5 Å². The van der Waals surface area contributed by atoms with Crippen LogP contribution in [0.2, 0.25) is 0 Å². The van der Waals surface area contributed by atoms with Gasteiger partial charge >= 0.3 is 0 Å². The highest BCUT2D eigenvalue weighted by Crippen LogP contribution is 2.23. The number of hydrogen-bond acceptors (Lipinski definition) is 4. The van der Waals surface area contributed by atoms with Crippen molar-refractivity contribution in [2.75, 3.05) is 26.4 Å². The molecular formula is C15H20O4. The van der Waals surface area contributed by atoms with Gasteiger partial charge in [-0.2, -0.15) is 0 Å². The highest BCUT2D eigenvalue weighted by molar-refractivity contribution is 5.39. The molecule has 104 valence electrons.